The summed E-state index contributed by atoms with van der Waals surface area (Å²) in [6.45, 7) is 4.25. The van der Waals surface area contributed by atoms with Crippen LogP contribution in [0.25, 0.3) is 10.6 Å². The third kappa shape index (κ3) is 4.12. The van der Waals surface area contributed by atoms with Gasteiger partial charge < -0.3 is 5.32 Å². The molecule has 1 atom stereocenters. The fraction of sp³-hybridized carbons (Fsp3) is 0.381. The number of hydrogen-bond donors (Lipinski definition) is 1. The molecule has 0 saturated heterocycles. The van der Waals surface area contributed by atoms with Gasteiger partial charge in [-0.1, -0.05) is 44.2 Å². The maximum atomic E-state index is 12.6. The maximum Gasteiger partial charge on any atom is 0.226 e. The third-order valence-corrected chi connectivity index (χ3v) is 7.17. The highest BCUT2D eigenvalue weighted by Crippen LogP contribution is 2.37. The van der Waals surface area contributed by atoms with Crippen molar-refractivity contribution in [3.8, 4) is 10.6 Å². The average molecular weight is 398 g/mol. The van der Waals surface area contributed by atoms with E-state index in [2.05, 4.69) is 36.3 Å². The summed E-state index contributed by atoms with van der Waals surface area (Å²) in [7, 11) is 0. The highest BCUT2D eigenvalue weighted by molar-refractivity contribution is 7.15. The van der Waals surface area contributed by atoms with Crippen molar-refractivity contribution in [2.45, 2.75) is 51.5 Å². The normalized spacial score (nSPS) is 16.3. The second-order valence-electron chi connectivity index (χ2n) is 7.22. The summed E-state index contributed by atoms with van der Waals surface area (Å²) in [6.07, 6.45) is 3.38. The molecule has 0 bridgehead atoms. The van der Waals surface area contributed by atoms with Crippen LogP contribution < -0.4 is 5.32 Å². The molecule has 0 spiro atoms. The molecule has 1 amide bonds. The number of rotatable bonds is 5. The minimum absolute atomic E-state index is 0.0446. The number of nitrogens with zero attached hydrogens (tertiary/aromatic N) is 2. The summed E-state index contributed by atoms with van der Waals surface area (Å²) in [5.74, 6) is 0.449. The second kappa shape index (κ2) is 7.90. The van der Waals surface area contributed by atoms with Crippen LogP contribution in [0.2, 0.25) is 0 Å². The zero-order chi connectivity index (χ0) is 18.8. The van der Waals surface area contributed by atoms with Gasteiger partial charge in [-0.15, -0.1) is 22.7 Å². The predicted octanol–water partition coefficient (Wildman–Crippen LogP) is 5.13. The molecule has 1 aliphatic rings. The van der Waals surface area contributed by atoms with Crippen molar-refractivity contribution < 1.29 is 4.79 Å². The number of benzene rings is 1. The Labute approximate surface area is 167 Å². The summed E-state index contributed by atoms with van der Waals surface area (Å²) in [4.78, 5) is 23.2. The number of amides is 1. The zero-order valence-electron chi connectivity index (χ0n) is 15.6. The van der Waals surface area contributed by atoms with Gasteiger partial charge in [0, 0.05) is 16.9 Å². The summed E-state index contributed by atoms with van der Waals surface area (Å²) in [6, 6.07) is 10.3. The first kappa shape index (κ1) is 18.3. The smallest absolute Gasteiger partial charge is 0.226 e. The number of aromatic nitrogens is 2. The Hall–Kier alpha value is -2.05. The van der Waals surface area contributed by atoms with Gasteiger partial charge in [-0.05, 0) is 19.3 Å². The molecule has 0 radical (unpaired) electrons. The van der Waals surface area contributed by atoms with Crippen LogP contribution in [0.4, 0.5) is 0 Å². The maximum absolute atomic E-state index is 12.6. The summed E-state index contributed by atoms with van der Waals surface area (Å²) < 4.78 is 0. The molecule has 27 heavy (non-hydrogen) atoms. The van der Waals surface area contributed by atoms with Gasteiger partial charge in [-0.25, -0.2) is 9.97 Å². The monoisotopic (exact) mass is 397 g/mol. The Morgan fingerprint density at radius 2 is 2.07 bits per heavy atom. The van der Waals surface area contributed by atoms with Crippen LogP contribution in [-0.2, 0) is 17.6 Å². The van der Waals surface area contributed by atoms with E-state index in [0.717, 1.165) is 46.2 Å². The lowest BCUT2D eigenvalue weighted by atomic mass is 9.98. The number of fused-ring (bicyclic) bond motifs is 1. The highest BCUT2D eigenvalue weighted by Gasteiger charge is 2.26. The van der Waals surface area contributed by atoms with E-state index in [1.165, 1.54) is 4.88 Å². The fourth-order valence-electron chi connectivity index (χ4n) is 3.34. The van der Waals surface area contributed by atoms with Crippen molar-refractivity contribution in [1.29, 1.82) is 0 Å². The predicted molar refractivity (Wildman–Crippen MR) is 111 cm³/mol. The van der Waals surface area contributed by atoms with Crippen molar-refractivity contribution in [2.24, 2.45) is 0 Å². The van der Waals surface area contributed by atoms with Crippen molar-refractivity contribution in [3.05, 3.63) is 57.0 Å². The van der Waals surface area contributed by atoms with Crippen molar-refractivity contribution >= 4 is 28.6 Å². The molecule has 0 saturated carbocycles. The molecular formula is C21H23N3OS2. The third-order valence-electron chi connectivity index (χ3n) is 4.71. The van der Waals surface area contributed by atoms with E-state index in [4.69, 9.17) is 4.98 Å². The Bertz CT molecular complexity index is 930. The van der Waals surface area contributed by atoms with Gasteiger partial charge in [0.1, 0.15) is 5.01 Å². The Kier molecular flexibility index (Phi) is 5.36. The molecule has 2 heterocycles. The molecular weight excluding hydrogens is 374 g/mol. The largest absolute Gasteiger partial charge is 0.348 e. The standard InChI is InChI=1S/C21H23N3OS2/c1-13(2)20-22-15(12-26-20)11-18(25)23-16-9-6-10-17-19(16)27-21(24-17)14-7-4-3-5-8-14/h3-5,7-8,12-13,16H,6,9-11H2,1-2H3,(H,23,25). The molecule has 1 aromatic carbocycles. The topological polar surface area (TPSA) is 54.9 Å². The molecule has 1 aliphatic carbocycles. The lowest BCUT2D eigenvalue weighted by Crippen LogP contribution is -2.31. The Balaban J connectivity index is 1.47. The van der Waals surface area contributed by atoms with E-state index in [1.54, 1.807) is 22.7 Å². The van der Waals surface area contributed by atoms with Crippen LogP contribution in [0.5, 0.6) is 0 Å². The molecule has 3 aromatic rings. The first-order valence-corrected chi connectivity index (χ1v) is 11.1. The van der Waals surface area contributed by atoms with Crippen LogP contribution in [-0.4, -0.2) is 15.9 Å². The first-order chi connectivity index (χ1) is 13.1. The molecule has 4 nitrogen and oxygen atoms in total. The van der Waals surface area contributed by atoms with Crippen LogP contribution in [0, 0.1) is 0 Å². The van der Waals surface area contributed by atoms with Crippen LogP contribution >= 0.6 is 22.7 Å². The van der Waals surface area contributed by atoms with Crippen LogP contribution in [0.3, 0.4) is 0 Å². The molecule has 2 aromatic heterocycles. The van der Waals surface area contributed by atoms with Crippen LogP contribution in [0.15, 0.2) is 35.7 Å². The van der Waals surface area contributed by atoms with Gasteiger partial charge >= 0.3 is 0 Å². The molecule has 0 fully saturated rings. The summed E-state index contributed by atoms with van der Waals surface area (Å²) in [5, 5.41) is 7.36. The lowest BCUT2D eigenvalue weighted by molar-refractivity contribution is -0.121. The number of carbonyl (C=O) groups is 1. The quantitative estimate of drug-likeness (QED) is 0.649. The SMILES string of the molecule is CC(C)c1nc(CC(=O)NC2CCCc3nc(-c4ccccc4)sc32)cs1. The highest BCUT2D eigenvalue weighted by atomic mass is 32.1. The molecule has 0 aliphatic heterocycles. The Morgan fingerprint density at radius 3 is 2.81 bits per heavy atom. The van der Waals surface area contributed by atoms with E-state index in [0.29, 0.717) is 12.3 Å². The minimum atomic E-state index is 0.0446. The zero-order valence-corrected chi connectivity index (χ0v) is 17.2. The van der Waals surface area contributed by atoms with Gasteiger partial charge in [0.2, 0.25) is 5.91 Å². The number of nitrogens with one attached hydrogen (secondary N) is 1. The van der Waals surface area contributed by atoms with Crippen molar-refractivity contribution in [1.82, 2.24) is 15.3 Å². The molecule has 6 heteroatoms. The first-order valence-electron chi connectivity index (χ1n) is 9.39. The number of thiazole rings is 2. The van der Waals surface area contributed by atoms with Gasteiger partial charge in [-0.2, -0.15) is 0 Å². The van der Waals surface area contributed by atoms with Gasteiger partial charge in [0.15, 0.2) is 0 Å². The minimum Gasteiger partial charge on any atom is -0.348 e. The molecule has 1 N–H and O–H groups in total. The van der Waals surface area contributed by atoms with E-state index in [1.807, 2.05) is 23.6 Å². The number of hydrogen-bond acceptors (Lipinski definition) is 5. The van der Waals surface area contributed by atoms with Crippen LogP contribution in [0.1, 0.15) is 59.9 Å². The summed E-state index contributed by atoms with van der Waals surface area (Å²) in [5.41, 5.74) is 3.16. The summed E-state index contributed by atoms with van der Waals surface area (Å²) >= 11 is 3.35. The van der Waals surface area contributed by atoms with Crippen molar-refractivity contribution in [3.63, 3.8) is 0 Å². The fourth-order valence-corrected chi connectivity index (χ4v) is 5.38. The molecule has 4 rings (SSSR count). The van der Waals surface area contributed by atoms with Gasteiger partial charge in [0.05, 0.1) is 33.7 Å². The lowest BCUT2D eigenvalue weighted by Gasteiger charge is -2.22. The average Bonchev–Trinajstić information content (AvgIpc) is 3.30. The Morgan fingerprint density at radius 1 is 1.26 bits per heavy atom. The number of aryl methyl sites for hydroxylation is 1. The van der Waals surface area contributed by atoms with E-state index in [9.17, 15) is 4.79 Å². The number of carbonyl (C=O) groups excluding carboxylic acids is 1. The van der Waals surface area contributed by atoms with E-state index < -0.39 is 0 Å². The molecule has 1 unspecified atom stereocenters. The van der Waals surface area contributed by atoms with Gasteiger partial charge in [0.25, 0.3) is 0 Å². The molecule has 140 valence electrons. The van der Waals surface area contributed by atoms with Crippen molar-refractivity contribution in [2.75, 3.05) is 0 Å². The van der Waals surface area contributed by atoms with E-state index in [-0.39, 0.29) is 11.9 Å². The van der Waals surface area contributed by atoms with Gasteiger partial charge in [-0.3, -0.25) is 4.79 Å². The van der Waals surface area contributed by atoms with E-state index >= 15 is 0 Å². The second-order valence-corrected chi connectivity index (χ2v) is 9.14.